The summed E-state index contributed by atoms with van der Waals surface area (Å²) in [5.41, 5.74) is 0. The van der Waals surface area contributed by atoms with Crippen molar-refractivity contribution in [1.82, 2.24) is 4.90 Å². The van der Waals surface area contributed by atoms with E-state index in [-0.39, 0.29) is 6.54 Å². The Morgan fingerprint density at radius 2 is 2.00 bits per heavy atom. The van der Waals surface area contributed by atoms with Crippen LogP contribution >= 0.6 is 0 Å². The summed E-state index contributed by atoms with van der Waals surface area (Å²) in [6.45, 7) is 2.73. The minimum Gasteiger partial charge on any atom is -0.301 e. The highest BCUT2D eigenvalue weighted by atomic mass is 19.3. The summed E-state index contributed by atoms with van der Waals surface area (Å²) in [5.74, 6) is 0. The molecule has 0 aromatic heterocycles. The number of alkyl halides is 2. The Bertz CT molecular complexity index is 76.0. The van der Waals surface area contributed by atoms with Crippen molar-refractivity contribution in [3.63, 3.8) is 0 Å². The minimum atomic E-state index is -2.19. The van der Waals surface area contributed by atoms with Gasteiger partial charge in [-0.2, -0.15) is 0 Å². The molecule has 0 saturated heterocycles. The highest BCUT2D eigenvalue weighted by Crippen LogP contribution is 1.97. The van der Waals surface area contributed by atoms with Gasteiger partial charge in [-0.3, -0.25) is 0 Å². The first-order chi connectivity index (χ1) is 4.66. The summed E-state index contributed by atoms with van der Waals surface area (Å²) in [6, 6.07) is 0. The quantitative estimate of drug-likeness (QED) is 0.580. The zero-order valence-corrected chi connectivity index (χ0v) is 6.61. The molecule has 62 valence electrons. The summed E-state index contributed by atoms with van der Waals surface area (Å²) in [7, 11) is 1.72. The summed E-state index contributed by atoms with van der Waals surface area (Å²) < 4.78 is 23.3. The van der Waals surface area contributed by atoms with E-state index in [0.717, 1.165) is 19.4 Å². The monoisotopic (exact) mass is 151 g/mol. The average Bonchev–Trinajstić information content (AvgIpc) is 1.82. The number of nitrogens with zero attached hydrogens (tertiary/aromatic N) is 1. The maximum absolute atomic E-state index is 11.7. The van der Waals surface area contributed by atoms with Gasteiger partial charge in [0.25, 0.3) is 6.43 Å². The molecule has 0 bridgehead atoms. The van der Waals surface area contributed by atoms with Crippen molar-refractivity contribution in [2.24, 2.45) is 0 Å². The van der Waals surface area contributed by atoms with Gasteiger partial charge < -0.3 is 4.90 Å². The van der Waals surface area contributed by atoms with Gasteiger partial charge in [0.15, 0.2) is 0 Å². The summed E-state index contributed by atoms with van der Waals surface area (Å²) in [4.78, 5) is 1.66. The maximum atomic E-state index is 11.7. The molecule has 0 heterocycles. The molecule has 0 unspecified atom stereocenters. The van der Waals surface area contributed by atoms with Crippen LogP contribution in [0.2, 0.25) is 0 Å². The maximum Gasteiger partial charge on any atom is 0.251 e. The lowest BCUT2D eigenvalue weighted by molar-refractivity contribution is 0.0998. The average molecular weight is 151 g/mol. The van der Waals surface area contributed by atoms with Gasteiger partial charge in [0, 0.05) is 0 Å². The molecule has 0 aromatic rings. The van der Waals surface area contributed by atoms with Gasteiger partial charge in [-0.05, 0) is 20.0 Å². The Kier molecular flexibility index (Phi) is 5.49. The summed E-state index contributed by atoms with van der Waals surface area (Å²) >= 11 is 0. The second-order valence-corrected chi connectivity index (χ2v) is 2.51. The molecule has 0 fully saturated rings. The van der Waals surface area contributed by atoms with E-state index >= 15 is 0 Å². The molecule has 0 amide bonds. The number of halogens is 2. The van der Waals surface area contributed by atoms with E-state index in [0.29, 0.717) is 0 Å². The van der Waals surface area contributed by atoms with E-state index in [1.165, 1.54) is 0 Å². The smallest absolute Gasteiger partial charge is 0.251 e. The first kappa shape index (κ1) is 9.82. The molecular weight excluding hydrogens is 136 g/mol. The van der Waals surface area contributed by atoms with Crippen molar-refractivity contribution < 1.29 is 8.78 Å². The van der Waals surface area contributed by atoms with Gasteiger partial charge in [0.1, 0.15) is 0 Å². The Hall–Kier alpha value is -0.180. The molecule has 0 N–H and O–H groups in total. The molecule has 0 aliphatic carbocycles. The predicted molar refractivity (Wildman–Crippen MR) is 38.4 cm³/mol. The molecular formula is C7H15F2N. The van der Waals surface area contributed by atoms with Gasteiger partial charge in [-0.25, -0.2) is 8.78 Å². The Balaban J connectivity index is 3.16. The van der Waals surface area contributed by atoms with Crippen molar-refractivity contribution in [1.29, 1.82) is 0 Å². The molecule has 0 saturated carbocycles. The fourth-order valence-corrected chi connectivity index (χ4v) is 0.755. The van der Waals surface area contributed by atoms with E-state index in [4.69, 9.17) is 0 Å². The molecule has 10 heavy (non-hydrogen) atoms. The lowest BCUT2D eigenvalue weighted by Crippen LogP contribution is -2.25. The highest BCUT2D eigenvalue weighted by molar-refractivity contribution is 4.51. The molecule has 0 aliphatic heterocycles. The highest BCUT2D eigenvalue weighted by Gasteiger charge is 2.05. The molecule has 3 heteroatoms. The van der Waals surface area contributed by atoms with Gasteiger partial charge >= 0.3 is 0 Å². The molecule has 0 atom stereocenters. The molecule has 0 aromatic carbocycles. The van der Waals surface area contributed by atoms with E-state index < -0.39 is 6.43 Å². The van der Waals surface area contributed by atoms with Crippen LogP contribution in [-0.2, 0) is 0 Å². The predicted octanol–water partition coefficient (Wildman–Crippen LogP) is 1.98. The zero-order chi connectivity index (χ0) is 7.98. The van der Waals surface area contributed by atoms with Crippen LogP contribution in [0.3, 0.4) is 0 Å². The minimum absolute atomic E-state index is 0.0972. The third kappa shape index (κ3) is 5.95. The lowest BCUT2D eigenvalue weighted by atomic mass is 10.3. The van der Waals surface area contributed by atoms with Gasteiger partial charge in [-0.15, -0.1) is 0 Å². The largest absolute Gasteiger partial charge is 0.301 e. The SMILES string of the molecule is CCCCN(C)CC(F)F. The van der Waals surface area contributed by atoms with Crippen molar-refractivity contribution in [2.75, 3.05) is 20.1 Å². The third-order valence-corrected chi connectivity index (χ3v) is 1.34. The summed E-state index contributed by atoms with van der Waals surface area (Å²) in [5, 5.41) is 0. The number of hydrogen-bond acceptors (Lipinski definition) is 1. The van der Waals surface area contributed by atoms with Crippen LogP contribution in [0.25, 0.3) is 0 Å². The Morgan fingerprint density at radius 1 is 1.40 bits per heavy atom. The summed E-state index contributed by atoms with van der Waals surface area (Å²) in [6.07, 6.45) is -0.126. The fraction of sp³-hybridized carbons (Fsp3) is 1.00. The first-order valence-corrected chi connectivity index (χ1v) is 3.63. The van der Waals surface area contributed by atoms with Crippen LogP contribution in [0.1, 0.15) is 19.8 Å². The van der Waals surface area contributed by atoms with E-state index in [1.54, 1.807) is 11.9 Å². The number of hydrogen-bond donors (Lipinski definition) is 0. The van der Waals surface area contributed by atoms with Crippen LogP contribution in [0.5, 0.6) is 0 Å². The second kappa shape index (κ2) is 5.59. The fourth-order valence-electron chi connectivity index (χ4n) is 0.755. The normalized spacial score (nSPS) is 11.4. The number of unbranched alkanes of at least 4 members (excludes halogenated alkanes) is 1. The van der Waals surface area contributed by atoms with Gasteiger partial charge in [0.05, 0.1) is 6.54 Å². The van der Waals surface area contributed by atoms with E-state index in [9.17, 15) is 8.78 Å². The molecule has 1 nitrogen and oxygen atoms in total. The van der Waals surface area contributed by atoms with Crippen molar-refractivity contribution in [2.45, 2.75) is 26.2 Å². The van der Waals surface area contributed by atoms with Gasteiger partial charge in [0.2, 0.25) is 0 Å². The van der Waals surface area contributed by atoms with Gasteiger partial charge in [-0.1, -0.05) is 13.3 Å². The topological polar surface area (TPSA) is 3.24 Å². The van der Waals surface area contributed by atoms with E-state index in [1.807, 2.05) is 0 Å². The molecule has 0 rings (SSSR count). The molecule has 0 radical (unpaired) electrons. The molecule has 0 spiro atoms. The standard InChI is InChI=1S/C7H15F2N/c1-3-4-5-10(2)6-7(8)9/h7H,3-6H2,1-2H3. The van der Waals surface area contributed by atoms with Crippen LogP contribution in [0.15, 0.2) is 0 Å². The number of rotatable bonds is 5. The lowest BCUT2D eigenvalue weighted by Gasteiger charge is -2.14. The van der Waals surface area contributed by atoms with Crippen molar-refractivity contribution >= 4 is 0 Å². The van der Waals surface area contributed by atoms with Crippen LogP contribution < -0.4 is 0 Å². The van der Waals surface area contributed by atoms with Crippen molar-refractivity contribution in [3.8, 4) is 0 Å². The Labute approximate surface area is 61.0 Å². The van der Waals surface area contributed by atoms with E-state index in [2.05, 4.69) is 6.92 Å². The zero-order valence-electron chi connectivity index (χ0n) is 6.61. The van der Waals surface area contributed by atoms with Crippen LogP contribution in [0.4, 0.5) is 8.78 Å². The molecule has 0 aliphatic rings. The Morgan fingerprint density at radius 3 is 2.40 bits per heavy atom. The van der Waals surface area contributed by atoms with Crippen LogP contribution in [0, 0.1) is 0 Å². The third-order valence-electron chi connectivity index (χ3n) is 1.34. The second-order valence-electron chi connectivity index (χ2n) is 2.51. The van der Waals surface area contributed by atoms with Crippen LogP contribution in [-0.4, -0.2) is 31.5 Å². The first-order valence-electron chi connectivity index (χ1n) is 3.63. The van der Waals surface area contributed by atoms with Crippen molar-refractivity contribution in [3.05, 3.63) is 0 Å².